The summed E-state index contributed by atoms with van der Waals surface area (Å²) < 4.78 is 12.5. The van der Waals surface area contributed by atoms with Crippen LogP contribution in [0.2, 0.25) is 0 Å². The first-order valence-corrected chi connectivity index (χ1v) is 6.92. The molecule has 21 heavy (non-hydrogen) atoms. The van der Waals surface area contributed by atoms with Crippen LogP contribution in [0.5, 0.6) is 5.75 Å². The summed E-state index contributed by atoms with van der Waals surface area (Å²) in [5.41, 5.74) is 2.12. The van der Waals surface area contributed by atoms with E-state index in [-0.39, 0.29) is 6.61 Å². The van der Waals surface area contributed by atoms with Crippen LogP contribution in [0, 0.1) is 5.92 Å². The molecule has 0 aliphatic heterocycles. The van der Waals surface area contributed by atoms with Gasteiger partial charge in [0.2, 0.25) is 0 Å². The molecule has 1 aromatic heterocycles. The zero-order chi connectivity index (χ0) is 15.2. The van der Waals surface area contributed by atoms with E-state index >= 15 is 0 Å². The van der Waals surface area contributed by atoms with Crippen LogP contribution in [0.15, 0.2) is 24.3 Å². The molecule has 0 aliphatic rings. The van der Waals surface area contributed by atoms with E-state index in [1.807, 2.05) is 24.3 Å². The van der Waals surface area contributed by atoms with Gasteiger partial charge >= 0.3 is 0 Å². The Morgan fingerprint density at radius 3 is 2.52 bits per heavy atom. The van der Waals surface area contributed by atoms with Gasteiger partial charge in [-0.15, -0.1) is 5.10 Å². The number of aromatic nitrogens is 3. The lowest BCUT2D eigenvalue weighted by atomic mass is 10.2. The average molecular weight is 291 g/mol. The van der Waals surface area contributed by atoms with E-state index in [0.29, 0.717) is 24.8 Å². The summed E-state index contributed by atoms with van der Waals surface area (Å²) in [6, 6.07) is 7.61. The van der Waals surface area contributed by atoms with Gasteiger partial charge in [0.25, 0.3) is 0 Å². The van der Waals surface area contributed by atoms with Gasteiger partial charge in [0.15, 0.2) is 0 Å². The fraction of sp³-hybridized carbons (Fsp3) is 0.467. The molecule has 1 N–H and O–H groups in total. The summed E-state index contributed by atoms with van der Waals surface area (Å²) >= 11 is 0. The quantitative estimate of drug-likeness (QED) is 0.844. The molecule has 1 heterocycles. The van der Waals surface area contributed by atoms with Crippen molar-refractivity contribution in [3.63, 3.8) is 0 Å². The van der Waals surface area contributed by atoms with E-state index in [1.54, 1.807) is 11.8 Å². The molecule has 6 heteroatoms. The van der Waals surface area contributed by atoms with Crippen molar-refractivity contribution in [2.24, 2.45) is 5.92 Å². The Morgan fingerprint density at radius 1 is 1.24 bits per heavy atom. The normalized spacial score (nSPS) is 11.1. The molecule has 2 rings (SSSR count). The highest BCUT2D eigenvalue weighted by molar-refractivity contribution is 5.38. The third kappa shape index (κ3) is 3.80. The van der Waals surface area contributed by atoms with Crippen LogP contribution in [0.1, 0.15) is 25.2 Å². The van der Waals surface area contributed by atoms with Crippen molar-refractivity contribution < 1.29 is 14.6 Å². The second-order valence-electron chi connectivity index (χ2n) is 5.18. The molecular weight excluding hydrogens is 270 g/mol. The summed E-state index contributed by atoms with van der Waals surface area (Å²) in [4.78, 5) is 0. The van der Waals surface area contributed by atoms with Crippen molar-refractivity contribution in [3.8, 4) is 11.4 Å². The maximum atomic E-state index is 9.28. The van der Waals surface area contributed by atoms with E-state index in [2.05, 4.69) is 24.2 Å². The lowest BCUT2D eigenvalue weighted by Gasteiger charge is -2.10. The Morgan fingerprint density at radius 2 is 1.95 bits per heavy atom. The molecule has 0 saturated heterocycles. The van der Waals surface area contributed by atoms with Crippen molar-refractivity contribution in [2.75, 3.05) is 13.7 Å². The summed E-state index contributed by atoms with van der Waals surface area (Å²) in [7, 11) is 1.60. The second kappa shape index (κ2) is 7.19. The molecule has 0 unspecified atom stereocenters. The highest BCUT2D eigenvalue weighted by Gasteiger charge is 2.13. The Hall–Kier alpha value is -1.92. The third-order valence-electron chi connectivity index (χ3n) is 2.94. The monoisotopic (exact) mass is 291 g/mol. The lowest BCUT2D eigenvalue weighted by Crippen LogP contribution is -2.06. The van der Waals surface area contributed by atoms with Crippen molar-refractivity contribution in [1.29, 1.82) is 0 Å². The molecule has 0 amide bonds. The van der Waals surface area contributed by atoms with Gasteiger partial charge in [-0.05, 0) is 30.2 Å². The molecule has 0 spiro atoms. The van der Waals surface area contributed by atoms with Gasteiger partial charge in [-0.25, -0.2) is 4.68 Å². The maximum Gasteiger partial charge on any atom is 0.119 e. The largest absolute Gasteiger partial charge is 0.493 e. The van der Waals surface area contributed by atoms with E-state index in [0.717, 1.165) is 17.1 Å². The van der Waals surface area contributed by atoms with Crippen LogP contribution in [-0.2, 0) is 18.0 Å². The van der Waals surface area contributed by atoms with Gasteiger partial charge in [0.05, 0.1) is 31.2 Å². The van der Waals surface area contributed by atoms with Crippen molar-refractivity contribution in [3.05, 3.63) is 35.7 Å². The molecule has 0 bridgehead atoms. The zero-order valence-electron chi connectivity index (χ0n) is 12.6. The summed E-state index contributed by atoms with van der Waals surface area (Å²) in [6.45, 7) is 5.09. The Labute approximate surface area is 124 Å². The van der Waals surface area contributed by atoms with Gasteiger partial charge in [-0.2, -0.15) is 0 Å². The number of benzene rings is 1. The number of methoxy groups -OCH3 is 1. The minimum Gasteiger partial charge on any atom is -0.493 e. The fourth-order valence-electron chi connectivity index (χ4n) is 1.89. The Kier molecular flexibility index (Phi) is 5.30. The number of rotatable bonds is 7. The lowest BCUT2D eigenvalue weighted by molar-refractivity contribution is 0.175. The predicted molar refractivity (Wildman–Crippen MR) is 78.3 cm³/mol. The summed E-state index contributed by atoms with van der Waals surface area (Å²) in [5, 5.41) is 17.3. The SMILES string of the molecule is COCc1c(CO)nnn1-c1ccc(OCC(C)C)cc1. The first-order valence-electron chi connectivity index (χ1n) is 6.92. The number of aliphatic hydroxyl groups excluding tert-OH is 1. The van der Waals surface area contributed by atoms with E-state index in [1.165, 1.54) is 0 Å². The third-order valence-corrected chi connectivity index (χ3v) is 2.94. The summed E-state index contributed by atoms with van der Waals surface area (Å²) in [6.07, 6.45) is 0. The van der Waals surface area contributed by atoms with Gasteiger partial charge < -0.3 is 14.6 Å². The first kappa shape index (κ1) is 15.5. The smallest absolute Gasteiger partial charge is 0.119 e. The maximum absolute atomic E-state index is 9.28. The Balaban J connectivity index is 2.20. The average Bonchev–Trinajstić information content (AvgIpc) is 2.89. The molecule has 6 nitrogen and oxygen atoms in total. The molecular formula is C15H21N3O3. The fourth-order valence-corrected chi connectivity index (χ4v) is 1.89. The summed E-state index contributed by atoms with van der Waals surface area (Å²) in [5.74, 6) is 1.31. The second-order valence-corrected chi connectivity index (χ2v) is 5.18. The molecule has 114 valence electrons. The number of ether oxygens (including phenoxy) is 2. The molecule has 0 saturated carbocycles. The molecule has 0 radical (unpaired) electrons. The van der Waals surface area contributed by atoms with Crippen LogP contribution in [0.4, 0.5) is 0 Å². The van der Waals surface area contributed by atoms with Crippen LogP contribution in [0.25, 0.3) is 5.69 Å². The van der Waals surface area contributed by atoms with Crippen LogP contribution < -0.4 is 4.74 Å². The number of hydrogen-bond acceptors (Lipinski definition) is 5. The number of aliphatic hydroxyl groups is 1. The topological polar surface area (TPSA) is 69.4 Å². The van der Waals surface area contributed by atoms with Gasteiger partial charge in [0.1, 0.15) is 11.4 Å². The van der Waals surface area contributed by atoms with Crippen molar-refractivity contribution in [1.82, 2.24) is 15.0 Å². The van der Waals surface area contributed by atoms with Gasteiger partial charge in [-0.3, -0.25) is 0 Å². The molecule has 0 aliphatic carbocycles. The minimum atomic E-state index is -0.158. The molecule has 2 aromatic rings. The standard InChI is InChI=1S/C15H21N3O3/c1-11(2)9-21-13-6-4-12(5-7-13)18-15(10-20-3)14(8-19)16-17-18/h4-7,11,19H,8-10H2,1-3H3. The van der Waals surface area contributed by atoms with E-state index < -0.39 is 0 Å². The molecule has 0 fully saturated rings. The van der Waals surface area contributed by atoms with Crippen LogP contribution >= 0.6 is 0 Å². The highest BCUT2D eigenvalue weighted by atomic mass is 16.5. The van der Waals surface area contributed by atoms with Crippen LogP contribution in [0.3, 0.4) is 0 Å². The predicted octanol–water partition coefficient (Wildman–Crippen LogP) is 1.94. The van der Waals surface area contributed by atoms with Gasteiger partial charge in [0, 0.05) is 7.11 Å². The Bertz CT molecular complexity index is 564. The zero-order valence-corrected chi connectivity index (χ0v) is 12.6. The van der Waals surface area contributed by atoms with Gasteiger partial charge in [-0.1, -0.05) is 19.1 Å². The van der Waals surface area contributed by atoms with E-state index in [9.17, 15) is 5.11 Å². The number of hydrogen-bond donors (Lipinski definition) is 1. The minimum absolute atomic E-state index is 0.158. The first-order chi connectivity index (χ1) is 10.2. The molecule has 0 atom stereocenters. The van der Waals surface area contributed by atoms with Crippen molar-refractivity contribution in [2.45, 2.75) is 27.1 Å². The molecule has 1 aromatic carbocycles. The van der Waals surface area contributed by atoms with Crippen molar-refractivity contribution >= 4 is 0 Å². The number of nitrogens with zero attached hydrogens (tertiary/aromatic N) is 3. The van der Waals surface area contributed by atoms with Crippen LogP contribution in [-0.4, -0.2) is 33.8 Å². The van der Waals surface area contributed by atoms with E-state index in [4.69, 9.17) is 9.47 Å². The highest BCUT2D eigenvalue weighted by Crippen LogP contribution is 2.18.